The molecule has 1 aromatic heterocycles. The SMILES string of the molecule is OCc1c(-c2ccc(Oc3ccccc3)cc2)noc1-c1ccc(Cl)cc1. The molecule has 4 rings (SSSR count). The zero-order valence-corrected chi connectivity index (χ0v) is 15.1. The number of rotatable bonds is 5. The molecule has 0 aliphatic heterocycles. The third-order valence-electron chi connectivity index (χ3n) is 4.16. The molecular weight excluding hydrogens is 362 g/mol. The number of hydrogen-bond donors (Lipinski definition) is 1. The number of aliphatic hydroxyl groups is 1. The fraction of sp³-hybridized carbons (Fsp3) is 0.0455. The lowest BCUT2D eigenvalue weighted by Gasteiger charge is -2.06. The molecule has 0 aliphatic carbocycles. The summed E-state index contributed by atoms with van der Waals surface area (Å²) in [6.45, 7) is -0.181. The molecule has 0 saturated heterocycles. The summed E-state index contributed by atoms with van der Waals surface area (Å²) in [6.07, 6.45) is 0. The second kappa shape index (κ2) is 7.66. The summed E-state index contributed by atoms with van der Waals surface area (Å²) in [6, 6.07) is 24.3. The van der Waals surface area contributed by atoms with E-state index >= 15 is 0 Å². The van der Waals surface area contributed by atoms with Gasteiger partial charge in [0.15, 0.2) is 5.76 Å². The van der Waals surface area contributed by atoms with Crippen molar-refractivity contribution in [3.8, 4) is 34.1 Å². The Morgan fingerprint density at radius 1 is 0.815 bits per heavy atom. The number of benzene rings is 3. The topological polar surface area (TPSA) is 55.5 Å². The van der Waals surface area contributed by atoms with Gasteiger partial charge in [-0.25, -0.2) is 0 Å². The zero-order chi connectivity index (χ0) is 18.6. The fourth-order valence-corrected chi connectivity index (χ4v) is 2.94. The molecule has 0 saturated carbocycles. The second-order valence-electron chi connectivity index (χ2n) is 5.94. The molecule has 0 amide bonds. The molecule has 0 spiro atoms. The van der Waals surface area contributed by atoms with Crippen LogP contribution >= 0.6 is 11.6 Å². The molecule has 3 aromatic carbocycles. The molecule has 0 fully saturated rings. The molecule has 134 valence electrons. The Labute approximate surface area is 161 Å². The van der Waals surface area contributed by atoms with E-state index in [4.69, 9.17) is 20.9 Å². The summed E-state index contributed by atoms with van der Waals surface area (Å²) in [5.41, 5.74) is 2.89. The Bertz CT molecular complexity index is 1030. The minimum atomic E-state index is -0.181. The van der Waals surface area contributed by atoms with Crippen molar-refractivity contribution in [2.24, 2.45) is 0 Å². The maximum Gasteiger partial charge on any atom is 0.173 e. The van der Waals surface area contributed by atoms with Gasteiger partial charge in [0.1, 0.15) is 17.2 Å². The van der Waals surface area contributed by atoms with Gasteiger partial charge in [-0.3, -0.25) is 0 Å². The predicted molar refractivity (Wildman–Crippen MR) is 105 cm³/mol. The average molecular weight is 378 g/mol. The van der Waals surface area contributed by atoms with E-state index in [1.54, 1.807) is 12.1 Å². The lowest BCUT2D eigenvalue weighted by molar-refractivity contribution is 0.281. The number of ether oxygens (including phenoxy) is 1. The number of aliphatic hydroxyl groups excluding tert-OH is 1. The molecule has 0 bridgehead atoms. The van der Waals surface area contributed by atoms with E-state index in [-0.39, 0.29) is 6.61 Å². The van der Waals surface area contributed by atoms with Crippen LogP contribution in [0, 0.1) is 0 Å². The van der Waals surface area contributed by atoms with Gasteiger partial charge in [-0.15, -0.1) is 0 Å². The van der Waals surface area contributed by atoms with Crippen molar-refractivity contribution < 1.29 is 14.4 Å². The third-order valence-corrected chi connectivity index (χ3v) is 4.41. The number of nitrogens with zero attached hydrogens (tertiary/aromatic N) is 1. The normalized spacial score (nSPS) is 10.7. The van der Waals surface area contributed by atoms with Crippen LogP contribution < -0.4 is 4.74 Å². The van der Waals surface area contributed by atoms with Gasteiger partial charge in [0, 0.05) is 16.1 Å². The van der Waals surface area contributed by atoms with Crippen molar-refractivity contribution in [2.45, 2.75) is 6.61 Å². The molecule has 1 heterocycles. The second-order valence-corrected chi connectivity index (χ2v) is 6.38. The van der Waals surface area contributed by atoms with Crippen LogP contribution in [0.4, 0.5) is 0 Å². The van der Waals surface area contributed by atoms with Gasteiger partial charge in [0.05, 0.1) is 12.2 Å². The highest BCUT2D eigenvalue weighted by molar-refractivity contribution is 6.30. The van der Waals surface area contributed by atoms with E-state index in [0.717, 1.165) is 22.6 Å². The Morgan fingerprint density at radius 2 is 1.44 bits per heavy atom. The standard InChI is InChI=1S/C22H16ClNO3/c23-17-10-6-16(7-11-17)22-20(14-25)21(24-27-22)15-8-12-19(13-9-15)26-18-4-2-1-3-5-18/h1-13,25H,14H2. The lowest BCUT2D eigenvalue weighted by Crippen LogP contribution is -1.90. The molecule has 27 heavy (non-hydrogen) atoms. The van der Waals surface area contributed by atoms with Crippen molar-refractivity contribution in [3.63, 3.8) is 0 Å². The smallest absolute Gasteiger partial charge is 0.173 e. The largest absolute Gasteiger partial charge is 0.457 e. The Hall–Kier alpha value is -3.08. The van der Waals surface area contributed by atoms with Gasteiger partial charge in [0.2, 0.25) is 0 Å². The predicted octanol–water partition coefficient (Wildman–Crippen LogP) is 5.95. The van der Waals surface area contributed by atoms with E-state index in [1.165, 1.54) is 0 Å². The minimum absolute atomic E-state index is 0.181. The molecule has 0 unspecified atom stereocenters. The molecule has 4 aromatic rings. The van der Waals surface area contributed by atoms with Crippen LogP contribution in [0.15, 0.2) is 83.4 Å². The van der Waals surface area contributed by atoms with Crippen LogP contribution in [-0.4, -0.2) is 10.3 Å². The van der Waals surface area contributed by atoms with Crippen LogP contribution in [-0.2, 0) is 6.61 Å². The Morgan fingerprint density at radius 3 is 2.11 bits per heavy atom. The maximum atomic E-state index is 9.86. The first-order valence-corrected chi connectivity index (χ1v) is 8.81. The first kappa shape index (κ1) is 17.3. The van der Waals surface area contributed by atoms with Crippen molar-refractivity contribution in [3.05, 3.63) is 89.4 Å². The van der Waals surface area contributed by atoms with Crippen LogP contribution in [0.25, 0.3) is 22.6 Å². The highest BCUT2D eigenvalue weighted by atomic mass is 35.5. The van der Waals surface area contributed by atoms with E-state index in [2.05, 4.69) is 5.16 Å². The monoisotopic (exact) mass is 377 g/mol. The van der Waals surface area contributed by atoms with Gasteiger partial charge >= 0.3 is 0 Å². The first-order chi connectivity index (χ1) is 13.2. The van der Waals surface area contributed by atoms with E-state index in [9.17, 15) is 5.11 Å². The van der Waals surface area contributed by atoms with Gasteiger partial charge in [-0.1, -0.05) is 35.0 Å². The molecule has 0 radical (unpaired) electrons. The highest BCUT2D eigenvalue weighted by Crippen LogP contribution is 2.34. The molecular formula is C22H16ClNO3. The fourth-order valence-electron chi connectivity index (χ4n) is 2.82. The summed E-state index contributed by atoms with van der Waals surface area (Å²) >= 11 is 5.94. The number of halogens is 1. The van der Waals surface area contributed by atoms with Crippen molar-refractivity contribution in [2.75, 3.05) is 0 Å². The Kier molecular flexibility index (Phi) is 4.92. The maximum absolute atomic E-state index is 9.86. The van der Waals surface area contributed by atoms with Crippen molar-refractivity contribution >= 4 is 11.6 Å². The van der Waals surface area contributed by atoms with E-state index < -0.39 is 0 Å². The number of aromatic nitrogens is 1. The van der Waals surface area contributed by atoms with Crippen LogP contribution in [0.2, 0.25) is 5.02 Å². The summed E-state index contributed by atoms with van der Waals surface area (Å²) in [7, 11) is 0. The highest BCUT2D eigenvalue weighted by Gasteiger charge is 2.18. The van der Waals surface area contributed by atoms with E-state index in [0.29, 0.717) is 22.0 Å². The summed E-state index contributed by atoms with van der Waals surface area (Å²) in [5.74, 6) is 2.03. The zero-order valence-electron chi connectivity index (χ0n) is 14.3. The number of hydrogen-bond acceptors (Lipinski definition) is 4. The van der Waals surface area contributed by atoms with E-state index in [1.807, 2.05) is 66.7 Å². The van der Waals surface area contributed by atoms with Crippen molar-refractivity contribution in [1.82, 2.24) is 5.16 Å². The van der Waals surface area contributed by atoms with Crippen LogP contribution in [0.1, 0.15) is 5.56 Å². The summed E-state index contributed by atoms with van der Waals surface area (Å²) < 4.78 is 11.3. The quantitative estimate of drug-likeness (QED) is 0.467. The third kappa shape index (κ3) is 3.72. The summed E-state index contributed by atoms with van der Waals surface area (Å²) in [4.78, 5) is 0. The van der Waals surface area contributed by atoms with Crippen LogP contribution in [0.5, 0.6) is 11.5 Å². The van der Waals surface area contributed by atoms with Crippen LogP contribution in [0.3, 0.4) is 0 Å². The summed E-state index contributed by atoms with van der Waals surface area (Å²) in [5, 5.41) is 14.7. The van der Waals surface area contributed by atoms with Gasteiger partial charge in [0.25, 0.3) is 0 Å². The lowest BCUT2D eigenvalue weighted by atomic mass is 10.0. The number of para-hydroxylation sites is 1. The average Bonchev–Trinajstić information content (AvgIpc) is 3.14. The van der Waals surface area contributed by atoms with Gasteiger partial charge in [-0.2, -0.15) is 0 Å². The Balaban J connectivity index is 1.62. The minimum Gasteiger partial charge on any atom is -0.457 e. The molecule has 1 N–H and O–H groups in total. The van der Waals surface area contributed by atoms with Gasteiger partial charge < -0.3 is 14.4 Å². The first-order valence-electron chi connectivity index (χ1n) is 8.43. The molecule has 0 atom stereocenters. The van der Waals surface area contributed by atoms with Crippen molar-refractivity contribution in [1.29, 1.82) is 0 Å². The van der Waals surface area contributed by atoms with Gasteiger partial charge in [-0.05, 0) is 60.7 Å². The molecule has 4 nitrogen and oxygen atoms in total. The molecule has 5 heteroatoms. The molecule has 0 aliphatic rings.